The Morgan fingerprint density at radius 2 is 2.26 bits per heavy atom. The van der Waals surface area contributed by atoms with Crippen molar-refractivity contribution in [1.82, 2.24) is 15.2 Å². The number of H-pyrrole nitrogens is 2. The van der Waals surface area contributed by atoms with Gasteiger partial charge in [-0.15, -0.1) is 11.3 Å². The van der Waals surface area contributed by atoms with Crippen molar-refractivity contribution in [3.05, 3.63) is 34.0 Å². The predicted octanol–water partition coefficient (Wildman–Crippen LogP) is 2.53. The van der Waals surface area contributed by atoms with E-state index in [1.54, 1.807) is 26.2 Å². The third-order valence-electron chi connectivity index (χ3n) is 4.10. The van der Waals surface area contributed by atoms with E-state index in [1.807, 2.05) is 6.92 Å². The van der Waals surface area contributed by atoms with Crippen LogP contribution in [0.4, 0.5) is 0 Å². The van der Waals surface area contributed by atoms with Crippen LogP contribution in [0.2, 0.25) is 0 Å². The summed E-state index contributed by atoms with van der Waals surface area (Å²) in [6.45, 7) is 5.36. The Labute approximate surface area is 136 Å². The molecule has 0 amide bonds. The van der Waals surface area contributed by atoms with Gasteiger partial charge in [0.05, 0.1) is 22.4 Å². The van der Waals surface area contributed by atoms with E-state index in [-0.39, 0.29) is 11.7 Å². The maximum Gasteiger partial charge on any atom is 0.266 e. The summed E-state index contributed by atoms with van der Waals surface area (Å²) in [7, 11) is 0. The van der Waals surface area contributed by atoms with Crippen molar-refractivity contribution in [3.8, 4) is 16.2 Å². The van der Waals surface area contributed by atoms with Crippen molar-refractivity contribution in [2.24, 2.45) is 0 Å². The topological polar surface area (TPSA) is 91.0 Å². The summed E-state index contributed by atoms with van der Waals surface area (Å²) in [4.78, 5) is 16.3. The lowest BCUT2D eigenvalue weighted by molar-refractivity contribution is 0.0718. The SMILES string of the molecule is CC1Cc2c(C(C)(C)O)[nH]c(=O)c3sc(-c4cn[nH]c4)c(c23)O1. The summed E-state index contributed by atoms with van der Waals surface area (Å²) in [6, 6.07) is 0. The average Bonchev–Trinajstić information content (AvgIpc) is 3.08. The number of aromatic nitrogens is 3. The molecular weight excluding hydrogens is 314 g/mol. The molecule has 3 N–H and O–H groups in total. The molecule has 23 heavy (non-hydrogen) atoms. The lowest BCUT2D eigenvalue weighted by Gasteiger charge is -2.27. The van der Waals surface area contributed by atoms with Crippen LogP contribution in [0.5, 0.6) is 5.75 Å². The van der Waals surface area contributed by atoms with Crippen LogP contribution in [-0.2, 0) is 12.0 Å². The van der Waals surface area contributed by atoms with E-state index >= 15 is 0 Å². The summed E-state index contributed by atoms with van der Waals surface area (Å²) in [5.74, 6) is 0.719. The van der Waals surface area contributed by atoms with Gasteiger partial charge in [-0.25, -0.2) is 0 Å². The molecule has 3 aromatic heterocycles. The molecule has 4 rings (SSSR count). The zero-order valence-electron chi connectivity index (χ0n) is 13.1. The Hall–Kier alpha value is -2.12. The molecule has 1 atom stereocenters. The van der Waals surface area contributed by atoms with Crippen molar-refractivity contribution < 1.29 is 9.84 Å². The highest BCUT2D eigenvalue weighted by Crippen LogP contribution is 2.48. The molecule has 3 aromatic rings. The summed E-state index contributed by atoms with van der Waals surface area (Å²) >= 11 is 1.40. The van der Waals surface area contributed by atoms with Gasteiger partial charge in [0.25, 0.3) is 5.56 Å². The van der Waals surface area contributed by atoms with E-state index in [1.165, 1.54) is 11.3 Å². The number of nitrogens with zero attached hydrogens (tertiary/aromatic N) is 1. The van der Waals surface area contributed by atoms with Gasteiger partial charge in [0.1, 0.15) is 16.6 Å². The molecule has 4 heterocycles. The van der Waals surface area contributed by atoms with Crippen molar-refractivity contribution >= 4 is 21.4 Å². The first-order valence-corrected chi connectivity index (χ1v) is 8.28. The maximum absolute atomic E-state index is 12.5. The molecule has 0 saturated carbocycles. The highest BCUT2D eigenvalue weighted by Gasteiger charge is 2.32. The summed E-state index contributed by atoms with van der Waals surface area (Å²) in [5, 5.41) is 18.1. The molecule has 0 spiro atoms. The second kappa shape index (κ2) is 4.69. The molecule has 6 nitrogen and oxygen atoms in total. The van der Waals surface area contributed by atoms with Crippen LogP contribution >= 0.6 is 11.3 Å². The van der Waals surface area contributed by atoms with E-state index in [0.29, 0.717) is 16.8 Å². The first-order valence-electron chi connectivity index (χ1n) is 7.46. The van der Waals surface area contributed by atoms with Crippen molar-refractivity contribution in [2.45, 2.75) is 38.9 Å². The fraction of sp³-hybridized carbons (Fsp3) is 0.375. The van der Waals surface area contributed by atoms with Gasteiger partial charge in [0.15, 0.2) is 0 Å². The zero-order chi connectivity index (χ0) is 16.4. The molecule has 0 bridgehead atoms. The van der Waals surface area contributed by atoms with Crippen molar-refractivity contribution in [2.75, 3.05) is 0 Å². The van der Waals surface area contributed by atoms with Gasteiger partial charge in [0, 0.05) is 23.6 Å². The monoisotopic (exact) mass is 331 g/mol. The van der Waals surface area contributed by atoms with Gasteiger partial charge in [-0.3, -0.25) is 9.89 Å². The predicted molar refractivity (Wildman–Crippen MR) is 89.1 cm³/mol. The number of aromatic amines is 2. The van der Waals surface area contributed by atoms with Crippen LogP contribution in [0.3, 0.4) is 0 Å². The van der Waals surface area contributed by atoms with Gasteiger partial charge < -0.3 is 14.8 Å². The Balaban J connectivity index is 2.13. The zero-order valence-corrected chi connectivity index (χ0v) is 13.9. The minimum Gasteiger partial charge on any atom is -0.488 e. The van der Waals surface area contributed by atoms with Crippen LogP contribution in [0, 0.1) is 0 Å². The number of ether oxygens (including phenoxy) is 1. The van der Waals surface area contributed by atoms with Crippen LogP contribution in [0.15, 0.2) is 17.2 Å². The van der Waals surface area contributed by atoms with Gasteiger partial charge in [-0.2, -0.15) is 5.10 Å². The molecule has 0 radical (unpaired) electrons. The largest absolute Gasteiger partial charge is 0.488 e. The fourth-order valence-electron chi connectivity index (χ4n) is 3.15. The molecule has 1 aliphatic rings. The van der Waals surface area contributed by atoms with E-state index in [4.69, 9.17) is 4.74 Å². The second-order valence-electron chi connectivity index (χ2n) is 6.45. The normalized spacial score (nSPS) is 17.5. The number of hydrogen-bond donors (Lipinski definition) is 3. The van der Waals surface area contributed by atoms with E-state index < -0.39 is 5.60 Å². The second-order valence-corrected chi connectivity index (χ2v) is 7.47. The Morgan fingerprint density at radius 1 is 1.48 bits per heavy atom. The molecular formula is C16H17N3O3S. The van der Waals surface area contributed by atoms with Gasteiger partial charge >= 0.3 is 0 Å². The third kappa shape index (κ3) is 2.11. The van der Waals surface area contributed by atoms with Crippen LogP contribution in [-0.4, -0.2) is 26.4 Å². The third-order valence-corrected chi connectivity index (χ3v) is 5.31. The number of hydrogen-bond acceptors (Lipinski definition) is 5. The number of nitrogens with one attached hydrogen (secondary N) is 2. The molecule has 0 aliphatic carbocycles. The summed E-state index contributed by atoms with van der Waals surface area (Å²) in [5.41, 5.74) is 1.12. The van der Waals surface area contributed by atoms with Crippen LogP contribution in [0.25, 0.3) is 20.5 Å². The van der Waals surface area contributed by atoms with E-state index in [2.05, 4.69) is 15.2 Å². The summed E-state index contributed by atoms with van der Waals surface area (Å²) in [6.07, 6.45) is 4.13. The fourth-order valence-corrected chi connectivity index (χ4v) is 4.29. The van der Waals surface area contributed by atoms with Crippen LogP contribution in [0.1, 0.15) is 32.0 Å². The van der Waals surface area contributed by atoms with Crippen molar-refractivity contribution in [3.63, 3.8) is 0 Å². The Morgan fingerprint density at radius 3 is 2.91 bits per heavy atom. The molecule has 0 saturated heterocycles. The number of thiophene rings is 1. The first kappa shape index (κ1) is 14.5. The number of aliphatic hydroxyl groups is 1. The lowest BCUT2D eigenvalue weighted by atomic mass is 9.91. The van der Waals surface area contributed by atoms with E-state index in [9.17, 15) is 9.90 Å². The van der Waals surface area contributed by atoms with Gasteiger partial charge in [-0.05, 0) is 26.3 Å². The smallest absolute Gasteiger partial charge is 0.266 e. The van der Waals surface area contributed by atoms with Crippen molar-refractivity contribution in [1.29, 1.82) is 0 Å². The van der Waals surface area contributed by atoms with Crippen LogP contribution < -0.4 is 10.3 Å². The lowest BCUT2D eigenvalue weighted by Crippen LogP contribution is -2.29. The Kier molecular flexibility index (Phi) is 2.95. The number of rotatable bonds is 2. The first-order chi connectivity index (χ1) is 10.9. The van der Waals surface area contributed by atoms with E-state index in [0.717, 1.165) is 27.1 Å². The minimum absolute atomic E-state index is 0.0297. The number of pyridine rings is 1. The average molecular weight is 331 g/mol. The summed E-state index contributed by atoms with van der Waals surface area (Å²) < 4.78 is 6.69. The standard InChI is InChI=1S/C16H17N3O3S/c1-7-4-9-10-11(22-7)12(8-5-17-18-6-8)23-13(10)15(20)19-14(9)16(2,3)21/h5-7,21H,4H2,1-3H3,(H,17,18)(H,19,20). The quantitative estimate of drug-likeness (QED) is 0.673. The van der Waals surface area contributed by atoms with Gasteiger partial charge in [-0.1, -0.05) is 0 Å². The van der Waals surface area contributed by atoms with Gasteiger partial charge in [0.2, 0.25) is 0 Å². The highest BCUT2D eigenvalue weighted by molar-refractivity contribution is 7.22. The molecule has 120 valence electrons. The maximum atomic E-state index is 12.5. The highest BCUT2D eigenvalue weighted by atomic mass is 32.1. The molecule has 1 unspecified atom stereocenters. The minimum atomic E-state index is -1.12. The molecule has 7 heteroatoms. The Bertz CT molecular complexity index is 948. The molecule has 0 aromatic carbocycles. The molecule has 1 aliphatic heterocycles. The molecule has 0 fully saturated rings.